The van der Waals surface area contributed by atoms with E-state index in [1.807, 2.05) is 17.5 Å². The van der Waals surface area contributed by atoms with E-state index in [-0.39, 0.29) is 5.82 Å². The van der Waals surface area contributed by atoms with E-state index in [0.29, 0.717) is 18.9 Å². The van der Waals surface area contributed by atoms with E-state index in [2.05, 4.69) is 18.3 Å². The molecular formula is C16H20FNOS. The van der Waals surface area contributed by atoms with Crippen LogP contribution in [-0.4, -0.2) is 13.2 Å². The van der Waals surface area contributed by atoms with Gasteiger partial charge in [-0.1, -0.05) is 19.1 Å². The minimum atomic E-state index is -0.285. The molecule has 0 saturated carbocycles. The van der Waals surface area contributed by atoms with Crippen LogP contribution in [0.2, 0.25) is 0 Å². The van der Waals surface area contributed by atoms with Crippen LogP contribution in [0.3, 0.4) is 0 Å². The molecule has 1 N–H and O–H groups in total. The topological polar surface area (TPSA) is 21.3 Å². The first-order valence-electron chi connectivity index (χ1n) is 6.94. The van der Waals surface area contributed by atoms with Crippen LogP contribution in [0.25, 0.3) is 0 Å². The standard InChI is InChI=1S/C16H20FNOS/c1-2-8-18-12-13-5-6-16(15(17)11-13)19-9-7-14-4-3-10-20-14/h3-6,10-11,18H,2,7-9,12H2,1H3. The average molecular weight is 293 g/mol. The molecule has 2 nitrogen and oxygen atoms in total. The monoisotopic (exact) mass is 293 g/mol. The van der Waals surface area contributed by atoms with Crippen LogP contribution >= 0.6 is 11.3 Å². The fraction of sp³-hybridized carbons (Fsp3) is 0.375. The second-order valence-electron chi connectivity index (χ2n) is 4.62. The van der Waals surface area contributed by atoms with Crippen LogP contribution in [0.1, 0.15) is 23.8 Å². The highest BCUT2D eigenvalue weighted by molar-refractivity contribution is 7.09. The molecule has 0 atom stereocenters. The molecule has 108 valence electrons. The Morgan fingerprint density at radius 1 is 1.30 bits per heavy atom. The van der Waals surface area contributed by atoms with Gasteiger partial charge in [-0.2, -0.15) is 0 Å². The van der Waals surface area contributed by atoms with Crippen LogP contribution in [0, 0.1) is 5.82 Å². The van der Waals surface area contributed by atoms with E-state index >= 15 is 0 Å². The lowest BCUT2D eigenvalue weighted by Crippen LogP contribution is -2.14. The highest BCUT2D eigenvalue weighted by Gasteiger charge is 2.05. The number of benzene rings is 1. The van der Waals surface area contributed by atoms with E-state index in [1.54, 1.807) is 23.5 Å². The zero-order valence-corrected chi connectivity index (χ0v) is 12.5. The van der Waals surface area contributed by atoms with E-state index in [1.165, 1.54) is 4.88 Å². The van der Waals surface area contributed by atoms with Gasteiger partial charge in [-0.3, -0.25) is 0 Å². The Kier molecular flexibility index (Phi) is 6.02. The zero-order valence-electron chi connectivity index (χ0n) is 11.7. The summed E-state index contributed by atoms with van der Waals surface area (Å²) in [5, 5.41) is 5.29. The molecule has 0 amide bonds. The van der Waals surface area contributed by atoms with Gasteiger partial charge < -0.3 is 10.1 Å². The predicted molar refractivity (Wildman–Crippen MR) is 81.9 cm³/mol. The van der Waals surface area contributed by atoms with Gasteiger partial charge in [-0.25, -0.2) is 4.39 Å². The second kappa shape index (κ2) is 8.02. The first-order chi connectivity index (χ1) is 9.79. The van der Waals surface area contributed by atoms with Crippen molar-refractivity contribution in [2.24, 2.45) is 0 Å². The van der Waals surface area contributed by atoms with E-state index in [9.17, 15) is 4.39 Å². The summed E-state index contributed by atoms with van der Waals surface area (Å²) < 4.78 is 19.4. The van der Waals surface area contributed by atoms with Gasteiger partial charge in [-0.05, 0) is 42.1 Å². The maximum absolute atomic E-state index is 13.9. The summed E-state index contributed by atoms with van der Waals surface area (Å²) in [6.07, 6.45) is 1.89. The highest BCUT2D eigenvalue weighted by Crippen LogP contribution is 2.19. The third-order valence-corrected chi connectivity index (χ3v) is 3.87. The number of rotatable bonds is 8. The number of halogens is 1. The number of ether oxygens (including phenoxy) is 1. The molecular weight excluding hydrogens is 273 g/mol. The smallest absolute Gasteiger partial charge is 0.165 e. The highest BCUT2D eigenvalue weighted by atomic mass is 32.1. The van der Waals surface area contributed by atoms with Gasteiger partial charge in [-0.15, -0.1) is 11.3 Å². The molecule has 0 fully saturated rings. The van der Waals surface area contributed by atoms with Gasteiger partial charge in [0.1, 0.15) is 0 Å². The van der Waals surface area contributed by atoms with Crippen molar-refractivity contribution >= 4 is 11.3 Å². The largest absolute Gasteiger partial charge is 0.490 e. The minimum absolute atomic E-state index is 0.285. The molecule has 0 saturated heterocycles. The Bertz CT molecular complexity index is 513. The van der Waals surface area contributed by atoms with Crippen LogP contribution in [0.15, 0.2) is 35.7 Å². The molecule has 0 spiro atoms. The third kappa shape index (κ3) is 4.62. The summed E-state index contributed by atoms with van der Waals surface area (Å²) in [7, 11) is 0. The summed E-state index contributed by atoms with van der Waals surface area (Å²) in [6, 6.07) is 9.24. The maximum Gasteiger partial charge on any atom is 0.165 e. The van der Waals surface area contributed by atoms with Crippen molar-refractivity contribution in [1.29, 1.82) is 0 Å². The fourth-order valence-corrected chi connectivity index (χ4v) is 2.59. The molecule has 20 heavy (non-hydrogen) atoms. The molecule has 0 bridgehead atoms. The van der Waals surface area contributed by atoms with Crippen LogP contribution in [-0.2, 0) is 13.0 Å². The molecule has 0 aliphatic rings. The number of nitrogens with one attached hydrogen (secondary N) is 1. The van der Waals surface area contributed by atoms with Gasteiger partial charge in [0.05, 0.1) is 6.61 Å². The van der Waals surface area contributed by atoms with E-state index in [4.69, 9.17) is 4.74 Å². The molecule has 0 unspecified atom stereocenters. The summed E-state index contributed by atoms with van der Waals surface area (Å²) >= 11 is 1.69. The number of hydrogen-bond donors (Lipinski definition) is 1. The van der Waals surface area contributed by atoms with Crippen molar-refractivity contribution in [3.63, 3.8) is 0 Å². The summed E-state index contributed by atoms with van der Waals surface area (Å²) in [4.78, 5) is 1.26. The maximum atomic E-state index is 13.9. The van der Waals surface area contributed by atoms with Crippen LogP contribution < -0.4 is 10.1 Å². The Morgan fingerprint density at radius 3 is 2.90 bits per heavy atom. The first-order valence-corrected chi connectivity index (χ1v) is 7.82. The van der Waals surface area contributed by atoms with Crippen LogP contribution in [0.4, 0.5) is 4.39 Å². The number of hydrogen-bond acceptors (Lipinski definition) is 3. The molecule has 2 aromatic rings. The molecule has 0 radical (unpaired) electrons. The zero-order chi connectivity index (χ0) is 14.2. The Morgan fingerprint density at radius 2 is 2.20 bits per heavy atom. The van der Waals surface area contributed by atoms with Crippen molar-refractivity contribution < 1.29 is 9.13 Å². The Hall–Kier alpha value is -1.39. The SMILES string of the molecule is CCCNCc1ccc(OCCc2cccs2)c(F)c1. The molecule has 2 rings (SSSR count). The van der Waals surface area contributed by atoms with E-state index < -0.39 is 0 Å². The first kappa shape index (κ1) is 15.0. The summed E-state index contributed by atoms with van der Waals surface area (Å²) in [6.45, 7) is 4.25. The number of thiophene rings is 1. The molecule has 1 aromatic heterocycles. The minimum Gasteiger partial charge on any atom is -0.490 e. The lowest BCUT2D eigenvalue weighted by molar-refractivity contribution is 0.306. The Labute approximate surface area is 123 Å². The Balaban J connectivity index is 1.82. The van der Waals surface area contributed by atoms with Crippen molar-refractivity contribution in [3.05, 3.63) is 52.0 Å². The summed E-state index contributed by atoms with van der Waals surface area (Å²) in [5.41, 5.74) is 0.946. The second-order valence-corrected chi connectivity index (χ2v) is 5.65. The van der Waals surface area contributed by atoms with Crippen molar-refractivity contribution in [2.75, 3.05) is 13.2 Å². The van der Waals surface area contributed by atoms with Gasteiger partial charge >= 0.3 is 0 Å². The van der Waals surface area contributed by atoms with Gasteiger partial charge in [0, 0.05) is 17.8 Å². The van der Waals surface area contributed by atoms with Crippen molar-refractivity contribution in [3.8, 4) is 5.75 Å². The van der Waals surface area contributed by atoms with E-state index in [0.717, 1.165) is 24.9 Å². The normalized spacial score (nSPS) is 10.7. The lowest BCUT2D eigenvalue weighted by Gasteiger charge is -2.09. The average Bonchev–Trinajstić information content (AvgIpc) is 2.95. The van der Waals surface area contributed by atoms with Crippen molar-refractivity contribution in [2.45, 2.75) is 26.3 Å². The van der Waals surface area contributed by atoms with Crippen LogP contribution in [0.5, 0.6) is 5.75 Å². The lowest BCUT2D eigenvalue weighted by atomic mass is 10.2. The quantitative estimate of drug-likeness (QED) is 0.743. The van der Waals surface area contributed by atoms with Gasteiger partial charge in [0.15, 0.2) is 11.6 Å². The predicted octanol–water partition coefficient (Wildman–Crippen LogP) is 4.01. The summed E-state index contributed by atoms with van der Waals surface area (Å²) in [5.74, 6) is 0.0489. The molecule has 4 heteroatoms. The molecule has 1 heterocycles. The third-order valence-electron chi connectivity index (χ3n) is 2.94. The van der Waals surface area contributed by atoms with Crippen molar-refractivity contribution in [1.82, 2.24) is 5.32 Å². The van der Waals surface area contributed by atoms with Gasteiger partial charge in [0.25, 0.3) is 0 Å². The van der Waals surface area contributed by atoms with Gasteiger partial charge in [0.2, 0.25) is 0 Å². The fourth-order valence-electron chi connectivity index (χ4n) is 1.90. The molecule has 0 aliphatic carbocycles. The molecule has 0 aliphatic heterocycles. The molecule has 1 aromatic carbocycles.